The van der Waals surface area contributed by atoms with E-state index >= 15 is 0 Å². The highest BCUT2D eigenvalue weighted by atomic mass is 16.3. The lowest BCUT2D eigenvalue weighted by atomic mass is 9.96. The van der Waals surface area contributed by atoms with E-state index in [-0.39, 0.29) is 12.0 Å². The van der Waals surface area contributed by atoms with E-state index in [1.54, 1.807) is 0 Å². The van der Waals surface area contributed by atoms with Gasteiger partial charge in [0, 0.05) is 19.6 Å². The minimum Gasteiger partial charge on any atom is -0.392 e. The number of carbonyl (C=O) groups excluding carboxylic acids is 1. The van der Waals surface area contributed by atoms with E-state index in [2.05, 4.69) is 25.7 Å². The van der Waals surface area contributed by atoms with Crippen LogP contribution in [0.1, 0.15) is 40.0 Å². The van der Waals surface area contributed by atoms with Crippen molar-refractivity contribution in [2.75, 3.05) is 32.7 Å². The standard InChI is InChI=1S/C14H28N2O2/c1-4-7-16(8-5-2)14(18)11-15-9-6-12(3)13(17)10-15/h12-13,17H,4-11H2,1-3H3. The number of amides is 1. The Balaban J connectivity index is 2.42. The minimum atomic E-state index is -0.280. The summed E-state index contributed by atoms with van der Waals surface area (Å²) in [4.78, 5) is 16.2. The van der Waals surface area contributed by atoms with Gasteiger partial charge in [0.1, 0.15) is 0 Å². The predicted octanol–water partition coefficient (Wildman–Crippen LogP) is 1.34. The third-order valence-electron chi connectivity index (χ3n) is 3.70. The molecule has 0 saturated carbocycles. The van der Waals surface area contributed by atoms with Crippen LogP contribution in [-0.2, 0) is 4.79 Å². The molecule has 2 atom stereocenters. The monoisotopic (exact) mass is 256 g/mol. The molecule has 1 saturated heterocycles. The summed E-state index contributed by atoms with van der Waals surface area (Å²) in [5.74, 6) is 0.569. The first-order valence-corrected chi connectivity index (χ1v) is 7.26. The quantitative estimate of drug-likeness (QED) is 0.780. The van der Waals surface area contributed by atoms with Crippen LogP contribution in [0, 0.1) is 5.92 Å². The van der Waals surface area contributed by atoms with E-state index in [4.69, 9.17) is 0 Å². The number of hydrogen-bond acceptors (Lipinski definition) is 3. The molecule has 2 unspecified atom stereocenters. The molecule has 1 aliphatic heterocycles. The molecule has 0 bridgehead atoms. The van der Waals surface area contributed by atoms with Crippen molar-refractivity contribution in [3.05, 3.63) is 0 Å². The van der Waals surface area contributed by atoms with E-state index in [0.717, 1.165) is 38.9 Å². The summed E-state index contributed by atoms with van der Waals surface area (Å²) in [5, 5.41) is 9.84. The van der Waals surface area contributed by atoms with E-state index in [1.807, 2.05) is 4.90 Å². The van der Waals surface area contributed by atoms with Crippen LogP contribution < -0.4 is 0 Å². The van der Waals surface area contributed by atoms with Crippen molar-refractivity contribution < 1.29 is 9.90 Å². The first kappa shape index (κ1) is 15.4. The zero-order valence-electron chi connectivity index (χ0n) is 12.1. The number of β-amino-alcohol motifs (C(OH)–C–C–N with tert-alkyl or cyclic N) is 1. The van der Waals surface area contributed by atoms with Gasteiger partial charge in [0.15, 0.2) is 0 Å². The lowest BCUT2D eigenvalue weighted by molar-refractivity contribution is -0.133. The van der Waals surface area contributed by atoms with E-state index in [1.165, 1.54) is 0 Å². The third-order valence-corrected chi connectivity index (χ3v) is 3.70. The van der Waals surface area contributed by atoms with Crippen LogP contribution >= 0.6 is 0 Å². The Morgan fingerprint density at radius 1 is 1.33 bits per heavy atom. The van der Waals surface area contributed by atoms with Crippen LogP contribution in [0.5, 0.6) is 0 Å². The van der Waals surface area contributed by atoms with Crippen molar-refractivity contribution in [1.82, 2.24) is 9.80 Å². The van der Waals surface area contributed by atoms with Gasteiger partial charge in [-0.05, 0) is 31.7 Å². The Labute approximate surface area is 111 Å². The van der Waals surface area contributed by atoms with Crippen LogP contribution in [-0.4, -0.2) is 59.6 Å². The maximum atomic E-state index is 12.2. The molecular weight excluding hydrogens is 228 g/mol. The van der Waals surface area contributed by atoms with Gasteiger partial charge in [-0.3, -0.25) is 9.69 Å². The van der Waals surface area contributed by atoms with Crippen molar-refractivity contribution in [2.45, 2.75) is 46.1 Å². The first-order chi connectivity index (χ1) is 8.58. The Kier molecular flexibility index (Phi) is 6.65. The van der Waals surface area contributed by atoms with E-state index in [0.29, 0.717) is 19.0 Å². The molecule has 1 rings (SSSR count). The minimum absolute atomic E-state index is 0.209. The van der Waals surface area contributed by atoms with Crippen molar-refractivity contribution in [1.29, 1.82) is 0 Å². The van der Waals surface area contributed by atoms with Gasteiger partial charge in [-0.15, -0.1) is 0 Å². The van der Waals surface area contributed by atoms with Gasteiger partial charge in [-0.1, -0.05) is 20.8 Å². The van der Waals surface area contributed by atoms with Gasteiger partial charge in [0.2, 0.25) is 5.91 Å². The molecule has 0 aromatic rings. The molecule has 1 N–H and O–H groups in total. The maximum absolute atomic E-state index is 12.2. The summed E-state index contributed by atoms with van der Waals surface area (Å²) in [6, 6.07) is 0. The molecular formula is C14H28N2O2. The van der Waals surface area contributed by atoms with Crippen LogP contribution in [0.2, 0.25) is 0 Å². The van der Waals surface area contributed by atoms with Gasteiger partial charge in [-0.25, -0.2) is 0 Å². The largest absolute Gasteiger partial charge is 0.392 e. The average Bonchev–Trinajstić information content (AvgIpc) is 2.33. The summed E-state index contributed by atoms with van der Waals surface area (Å²) in [7, 11) is 0. The third kappa shape index (κ3) is 4.58. The SMILES string of the molecule is CCCN(CCC)C(=O)CN1CCC(C)C(O)C1. The average molecular weight is 256 g/mol. The number of likely N-dealkylation sites (tertiary alicyclic amines) is 1. The summed E-state index contributed by atoms with van der Waals surface area (Å²) >= 11 is 0. The topological polar surface area (TPSA) is 43.8 Å². The molecule has 0 radical (unpaired) electrons. The van der Waals surface area contributed by atoms with Gasteiger partial charge in [-0.2, -0.15) is 0 Å². The molecule has 4 heteroatoms. The molecule has 1 fully saturated rings. The highest BCUT2D eigenvalue weighted by Crippen LogP contribution is 2.16. The van der Waals surface area contributed by atoms with Crippen molar-refractivity contribution in [3.63, 3.8) is 0 Å². The lowest BCUT2D eigenvalue weighted by Gasteiger charge is -2.35. The molecule has 0 spiro atoms. The molecule has 1 amide bonds. The van der Waals surface area contributed by atoms with Crippen molar-refractivity contribution in [3.8, 4) is 0 Å². The predicted molar refractivity (Wildman–Crippen MR) is 73.4 cm³/mol. The molecule has 0 aromatic carbocycles. The molecule has 0 aliphatic carbocycles. The van der Waals surface area contributed by atoms with Crippen LogP contribution in [0.4, 0.5) is 0 Å². The fourth-order valence-corrected chi connectivity index (χ4v) is 2.45. The molecule has 106 valence electrons. The summed E-state index contributed by atoms with van der Waals surface area (Å²) < 4.78 is 0. The van der Waals surface area contributed by atoms with Gasteiger partial charge >= 0.3 is 0 Å². The van der Waals surface area contributed by atoms with Gasteiger partial charge < -0.3 is 10.0 Å². The zero-order valence-corrected chi connectivity index (χ0v) is 12.1. The second kappa shape index (κ2) is 7.74. The normalized spacial score (nSPS) is 25.1. The highest BCUT2D eigenvalue weighted by molar-refractivity contribution is 5.78. The number of piperidine rings is 1. The number of rotatable bonds is 6. The number of aliphatic hydroxyl groups is 1. The fraction of sp³-hybridized carbons (Fsp3) is 0.929. The fourth-order valence-electron chi connectivity index (χ4n) is 2.45. The summed E-state index contributed by atoms with van der Waals surface area (Å²) in [5.41, 5.74) is 0. The maximum Gasteiger partial charge on any atom is 0.236 e. The molecule has 4 nitrogen and oxygen atoms in total. The molecule has 18 heavy (non-hydrogen) atoms. The lowest BCUT2D eigenvalue weighted by Crippen LogP contribution is -2.48. The van der Waals surface area contributed by atoms with Gasteiger partial charge in [0.05, 0.1) is 12.6 Å². The van der Waals surface area contributed by atoms with E-state index < -0.39 is 0 Å². The number of aliphatic hydroxyl groups excluding tert-OH is 1. The Bertz CT molecular complexity index is 252. The Morgan fingerprint density at radius 2 is 1.94 bits per heavy atom. The number of nitrogens with zero attached hydrogens (tertiary/aromatic N) is 2. The van der Waals surface area contributed by atoms with Crippen LogP contribution in [0.15, 0.2) is 0 Å². The Hall–Kier alpha value is -0.610. The summed E-state index contributed by atoms with van der Waals surface area (Å²) in [6.45, 7) is 9.99. The number of hydrogen-bond donors (Lipinski definition) is 1. The molecule has 1 heterocycles. The Morgan fingerprint density at radius 3 is 2.44 bits per heavy atom. The summed E-state index contributed by atoms with van der Waals surface area (Å²) in [6.07, 6.45) is 2.71. The molecule has 0 aromatic heterocycles. The van der Waals surface area contributed by atoms with Crippen LogP contribution in [0.25, 0.3) is 0 Å². The van der Waals surface area contributed by atoms with Gasteiger partial charge in [0.25, 0.3) is 0 Å². The second-order valence-electron chi connectivity index (χ2n) is 5.45. The second-order valence-corrected chi connectivity index (χ2v) is 5.45. The molecule has 1 aliphatic rings. The highest BCUT2D eigenvalue weighted by Gasteiger charge is 2.26. The van der Waals surface area contributed by atoms with Crippen molar-refractivity contribution in [2.24, 2.45) is 5.92 Å². The van der Waals surface area contributed by atoms with E-state index in [9.17, 15) is 9.90 Å². The first-order valence-electron chi connectivity index (χ1n) is 7.26. The zero-order chi connectivity index (χ0) is 13.5. The smallest absolute Gasteiger partial charge is 0.236 e. The number of carbonyl (C=O) groups is 1. The van der Waals surface area contributed by atoms with Crippen LogP contribution in [0.3, 0.4) is 0 Å². The van der Waals surface area contributed by atoms with Crippen molar-refractivity contribution >= 4 is 5.91 Å².